The molecule has 0 radical (unpaired) electrons. The second-order valence-electron chi connectivity index (χ2n) is 3.67. The summed E-state index contributed by atoms with van der Waals surface area (Å²) in [5.41, 5.74) is 5.41. The number of aryl methyl sites for hydroxylation is 1. The number of carbonyl (C=O) groups is 1. The van der Waals surface area contributed by atoms with Crippen molar-refractivity contribution >= 4 is 16.7 Å². The van der Waals surface area contributed by atoms with Crippen molar-refractivity contribution in [2.24, 2.45) is 5.73 Å². The van der Waals surface area contributed by atoms with E-state index in [0.717, 1.165) is 5.56 Å². The monoisotopic (exact) mass is 219 g/mol. The largest absolute Gasteiger partial charge is 0.507 e. The molecule has 0 aliphatic heterocycles. The van der Waals surface area contributed by atoms with Gasteiger partial charge in [-0.1, -0.05) is 17.7 Å². The van der Waals surface area contributed by atoms with Crippen LogP contribution < -0.4 is 5.73 Å². The zero-order valence-corrected chi connectivity index (χ0v) is 8.62. The van der Waals surface area contributed by atoms with E-state index in [1.54, 1.807) is 18.2 Å². The first-order chi connectivity index (χ1) is 7.50. The fourth-order valence-corrected chi connectivity index (χ4v) is 1.69. The third-order valence-electron chi connectivity index (χ3n) is 2.46. The van der Waals surface area contributed by atoms with E-state index in [9.17, 15) is 14.3 Å². The van der Waals surface area contributed by atoms with E-state index in [0.29, 0.717) is 5.39 Å². The van der Waals surface area contributed by atoms with Crippen molar-refractivity contribution in [1.29, 1.82) is 0 Å². The topological polar surface area (TPSA) is 63.3 Å². The van der Waals surface area contributed by atoms with Gasteiger partial charge in [0.15, 0.2) is 0 Å². The van der Waals surface area contributed by atoms with Crippen LogP contribution in [-0.4, -0.2) is 11.0 Å². The van der Waals surface area contributed by atoms with E-state index in [-0.39, 0.29) is 5.39 Å². The maximum Gasteiger partial charge on any atom is 0.255 e. The standard InChI is InChI=1S/C12H10FNO2/c1-6-2-3-7-5-9(15)10(12(14)16)11(13)8(7)4-6/h2-5,15H,1H3,(H2,14,16). The number of rotatable bonds is 1. The predicted octanol–water partition coefficient (Wildman–Crippen LogP) is 2.09. The highest BCUT2D eigenvalue weighted by molar-refractivity contribution is 6.01. The number of halogens is 1. The van der Waals surface area contributed by atoms with E-state index in [4.69, 9.17) is 5.73 Å². The Bertz CT molecular complexity index is 593. The molecule has 0 atom stereocenters. The van der Waals surface area contributed by atoms with Crippen LogP contribution in [0.15, 0.2) is 24.3 Å². The molecule has 2 aromatic carbocycles. The lowest BCUT2D eigenvalue weighted by atomic mass is 10.0. The van der Waals surface area contributed by atoms with Crippen LogP contribution in [0.25, 0.3) is 10.8 Å². The lowest BCUT2D eigenvalue weighted by Crippen LogP contribution is -2.13. The Hall–Kier alpha value is -2.10. The number of primary amides is 1. The molecule has 0 aromatic heterocycles. The van der Waals surface area contributed by atoms with Gasteiger partial charge < -0.3 is 10.8 Å². The number of aromatic hydroxyl groups is 1. The Labute approximate surface area is 91.3 Å². The lowest BCUT2D eigenvalue weighted by Gasteiger charge is -2.07. The maximum absolute atomic E-state index is 13.9. The molecule has 4 heteroatoms. The molecule has 0 saturated heterocycles. The number of phenols is 1. The Morgan fingerprint density at radius 1 is 1.38 bits per heavy atom. The number of benzene rings is 2. The smallest absolute Gasteiger partial charge is 0.255 e. The molecule has 3 nitrogen and oxygen atoms in total. The van der Waals surface area contributed by atoms with E-state index in [1.807, 2.05) is 6.92 Å². The van der Waals surface area contributed by atoms with Crippen LogP contribution in [0.1, 0.15) is 15.9 Å². The van der Waals surface area contributed by atoms with Gasteiger partial charge >= 0.3 is 0 Å². The van der Waals surface area contributed by atoms with Crippen molar-refractivity contribution in [3.8, 4) is 5.75 Å². The van der Waals surface area contributed by atoms with Crippen molar-refractivity contribution in [2.75, 3.05) is 0 Å². The quantitative estimate of drug-likeness (QED) is 0.771. The normalized spacial score (nSPS) is 10.6. The van der Waals surface area contributed by atoms with Crippen molar-refractivity contribution in [1.82, 2.24) is 0 Å². The van der Waals surface area contributed by atoms with Crippen LogP contribution >= 0.6 is 0 Å². The van der Waals surface area contributed by atoms with Crippen LogP contribution in [0, 0.1) is 12.7 Å². The molecular weight excluding hydrogens is 209 g/mol. The van der Waals surface area contributed by atoms with Crippen LogP contribution in [0.2, 0.25) is 0 Å². The third-order valence-corrected chi connectivity index (χ3v) is 2.46. The SMILES string of the molecule is Cc1ccc2cc(O)c(C(N)=O)c(F)c2c1. The fourth-order valence-electron chi connectivity index (χ4n) is 1.69. The first-order valence-corrected chi connectivity index (χ1v) is 4.72. The first kappa shape index (κ1) is 10.4. The van der Waals surface area contributed by atoms with Crippen LogP contribution in [0.4, 0.5) is 4.39 Å². The minimum Gasteiger partial charge on any atom is -0.507 e. The summed E-state index contributed by atoms with van der Waals surface area (Å²) in [5.74, 6) is -2.18. The Balaban J connectivity index is 2.90. The lowest BCUT2D eigenvalue weighted by molar-refractivity contribution is 0.0994. The Morgan fingerprint density at radius 3 is 2.69 bits per heavy atom. The van der Waals surface area contributed by atoms with Gasteiger partial charge in [0, 0.05) is 5.39 Å². The second-order valence-corrected chi connectivity index (χ2v) is 3.67. The summed E-state index contributed by atoms with van der Waals surface area (Å²) in [6, 6.07) is 6.41. The number of fused-ring (bicyclic) bond motifs is 1. The molecule has 1 amide bonds. The summed E-state index contributed by atoms with van der Waals surface area (Å²) in [6.45, 7) is 1.82. The summed E-state index contributed by atoms with van der Waals surface area (Å²) in [7, 11) is 0. The van der Waals surface area contributed by atoms with E-state index in [2.05, 4.69) is 0 Å². The molecule has 0 spiro atoms. The molecular formula is C12H10FNO2. The number of amides is 1. The molecule has 0 heterocycles. The zero-order chi connectivity index (χ0) is 11.9. The summed E-state index contributed by atoms with van der Waals surface area (Å²) in [6.07, 6.45) is 0. The second kappa shape index (κ2) is 3.48. The van der Waals surface area contributed by atoms with Crippen molar-refractivity contribution in [3.63, 3.8) is 0 Å². The van der Waals surface area contributed by atoms with Gasteiger partial charge in [0.1, 0.15) is 17.1 Å². The molecule has 2 rings (SSSR count). The average molecular weight is 219 g/mol. The highest BCUT2D eigenvalue weighted by Gasteiger charge is 2.17. The highest BCUT2D eigenvalue weighted by Crippen LogP contribution is 2.29. The van der Waals surface area contributed by atoms with Crippen molar-refractivity contribution < 1.29 is 14.3 Å². The van der Waals surface area contributed by atoms with Crippen LogP contribution in [0.5, 0.6) is 5.75 Å². The Morgan fingerprint density at radius 2 is 2.06 bits per heavy atom. The first-order valence-electron chi connectivity index (χ1n) is 4.72. The predicted molar refractivity (Wildman–Crippen MR) is 58.8 cm³/mol. The van der Waals surface area contributed by atoms with Gasteiger partial charge in [0.25, 0.3) is 5.91 Å². The van der Waals surface area contributed by atoms with Gasteiger partial charge in [-0.25, -0.2) is 4.39 Å². The summed E-state index contributed by atoms with van der Waals surface area (Å²) >= 11 is 0. The van der Waals surface area contributed by atoms with E-state index < -0.39 is 23.0 Å². The van der Waals surface area contributed by atoms with E-state index >= 15 is 0 Å². The highest BCUT2D eigenvalue weighted by atomic mass is 19.1. The molecule has 0 saturated carbocycles. The molecule has 0 fully saturated rings. The van der Waals surface area contributed by atoms with Gasteiger partial charge in [-0.05, 0) is 24.4 Å². The van der Waals surface area contributed by atoms with Gasteiger partial charge in [0.2, 0.25) is 0 Å². The third kappa shape index (κ3) is 1.48. The zero-order valence-electron chi connectivity index (χ0n) is 8.62. The van der Waals surface area contributed by atoms with Crippen LogP contribution in [-0.2, 0) is 0 Å². The molecule has 0 aliphatic rings. The van der Waals surface area contributed by atoms with Gasteiger partial charge in [0.05, 0.1) is 0 Å². The molecule has 82 valence electrons. The van der Waals surface area contributed by atoms with Gasteiger partial charge in [-0.15, -0.1) is 0 Å². The fraction of sp³-hybridized carbons (Fsp3) is 0.0833. The molecule has 0 unspecified atom stereocenters. The molecule has 16 heavy (non-hydrogen) atoms. The van der Waals surface area contributed by atoms with Gasteiger partial charge in [-0.2, -0.15) is 0 Å². The van der Waals surface area contributed by atoms with Gasteiger partial charge in [-0.3, -0.25) is 4.79 Å². The minimum atomic E-state index is -0.974. The Kier molecular flexibility index (Phi) is 2.27. The molecule has 3 N–H and O–H groups in total. The summed E-state index contributed by atoms with van der Waals surface area (Å²) < 4.78 is 13.9. The number of nitrogens with two attached hydrogens (primary N) is 1. The molecule has 0 bridgehead atoms. The summed E-state index contributed by atoms with van der Waals surface area (Å²) in [5, 5.41) is 10.3. The van der Waals surface area contributed by atoms with Crippen LogP contribution in [0.3, 0.4) is 0 Å². The minimum absolute atomic E-state index is 0.284. The molecule has 0 aliphatic carbocycles. The number of hydrogen-bond acceptors (Lipinski definition) is 2. The average Bonchev–Trinajstić information content (AvgIpc) is 2.19. The van der Waals surface area contributed by atoms with Crippen molar-refractivity contribution in [2.45, 2.75) is 6.92 Å². The van der Waals surface area contributed by atoms with Crippen molar-refractivity contribution in [3.05, 3.63) is 41.2 Å². The molecule has 2 aromatic rings. The summed E-state index contributed by atoms with van der Waals surface area (Å²) in [4.78, 5) is 11.0. The number of carbonyl (C=O) groups excluding carboxylic acids is 1. The van der Waals surface area contributed by atoms with E-state index in [1.165, 1.54) is 6.07 Å². The number of hydrogen-bond donors (Lipinski definition) is 2. The maximum atomic E-state index is 13.9.